The van der Waals surface area contributed by atoms with E-state index in [2.05, 4.69) is 20.7 Å². The van der Waals surface area contributed by atoms with Gasteiger partial charge in [-0.15, -0.1) is 0 Å². The molecule has 0 saturated heterocycles. The zero-order chi connectivity index (χ0) is 13.0. The molecule has 0 heterocycles. The number of carbonyl (C=O) groups excluding carboxylic acids is 2. The van der Waals surface area contributed by atoms with Gasteiger partial charge in [-0.25, -0.2) is 0 Å². The highest BCUT2D eigenvalue weighted by Crippen LogP contribution is 2.18. The Morgan fingerprint density at radius 2 is 2.06 bits per heavy atom. The average Bonchev–Trinajstić information content (AvgIpc) is 2.26. The Hall–Kier alpha value is -1.56. The third kappa shape index (κ3) is 3.74. The van der Waals surface area contributed by atoms with E-state index in [4.69, 9.17) is 5.73 Å². The second kappa shape index (κ2) is 5.67. The van der Waals surface area contributed by atoms with Crippen LogP contribution in [0.1, 0.15) is 10.4 Å². The van der Waals surface area contributed by atoms with Gasteiger partial charge in [-0.05, 0) is 18.2 Å². The fourth-order valence-corrected chi connectivity index (χ4v) is 1.80. The van der Waals surface area contributed by atoms with Gasteiger partial charge in [0.25, 0.3) is 5.91 Å². The molecule has 1 amide bonds. The van der Waals surface area contributed by atoms with E-state index in [-0.39, 0.29) is 12.5 Å². The van der Waals surface area contributed by atoms with E-state index < -0.39 is 5.97 Å². The van der Waals surface area contributed by atoms with Crippen LogP contribution in [0.2, 0.25) is 0 Å². The van der Waals surface area contributed by atoms with E-state index in [9.17, 15) is 9.59 Å². The summed E-state index contributed by atoms with van der Waals surface area (Å²) in [5, 5.41) is 0. The lowest BCUT2D eigenvalue weighted by molar-refractivity contribution is -0.141. The van der Waals surface area contributed by atoms with Crippen LogP contribution in [-0.4, -0.2) is 37.5 Å². The molecule has 0 atom stereocenters. The quantitative estimate of drug-likeness (QED) is 0.674. The molecule has 17 heavy (non-hydrogen) atoms. The van der Waals surface area contributed by atoms with Gasteiger partial charge in [0.05, 0.1) is 7.11 Å². The molecule has 5 nitrogen and oxygen atoms in total. The smallest absolute Gasteiger partial charge is 0.325 e. The Kier molecular flexibility index (Phi) is 4.51. The zero-order valence-electron chi connectivity index (χ0n) is 9.57. The van der Waals surface area contributed by atoms with E-state index in [1.165, 1.54) is 19.1 Å². The summed E-state index contributed by atoms with van der Waals surface area (Å²) in [7, 11) is 2.80. The number of benzene rings is 1. The summed E-state index contributed by atoms with van der Waals surface area (Å²) >= 11 is 3.25. The minimum absolute atomic E-state index is 0.0955. The number of ether oxygens (including phenoxy) is 1. The number of nitrogen functional groups attached to an aromatic ring is 1. The van der Waals surface area contributed by atoms with E-state index in [0.29, 0.717) is 15.7 Å². The highest BCUT2D eigenvalue weighted by atomic mass is 79.9. The molecule has 2 N–H and O–H groups in total. The molecule has 0 spiro atoms. The van der Waals surface area contributed by atoms with Crippen molar-refractivity contribution in [2.24, 2.45) is 0 Å². The lowest BCUT2D eigenvalue weighted by Crippen LogP contribution is -2.32. The Balaban J connectivity index is 2.85. The fraction of sp³-hybridized carbons (Fsp3) is 0.273. The molecule has 0 saturated carbocycles. The van der Waals surface area contributed by atoms with Gasteiger partial charge < -0.3 is 15.4 Å². The highest BCUT2D eigenvalue weighted by molar-refractivity contribution is 9.10. The molecule has 0 aliphatic carbocycles. The molecular weight excluding hydrogens is 288 g/mol. The summed E-state index contributed by atoms with van der Waals surface area (Å²) in [6.07, 6.45) is 0. The first-order valence-electron chi connectivity index (χ1n) is 4.82. The Bertz CT molecular complexity index is 428. The van der Waals surface area contributed by atoms with E-state index in [0.717, 1.165) is 0 Å². The lowest BCUT2D eigenvalue weighted by Gasteiger charge is -2.16. The maximum absolute atomic E-state index is 11.9. The maximum atomic E-state index is 11.9. The number of halogens is 1. The van der Waals surface area contributed by atoms with E-state index in [1.54, 1.807) is 18.2 Å². The molecule has 0 aromatic heterocycles. The second-order valence-electron chi connectivity index (χ2n) is 3.51. The molecule has 1 aromatic rings. The molecular formula is C11H13BrN2O3. The SMILES string of the molecule is COC(=O)CN(C)C(=O)c1cc(N)cc(Br)c1. The number of carbonyl (C=O) groups is 2. The molecule has 0 fully saturated rings. The number of nitrogens with zero attached hydrogens (tertiary/aromatic N) is 1. The Labute approximate surface area is 108 Å². The first-order chi connectivity index (χ1) is 7.93. The summed E-state index contributed by atoms with van der Waals surface area (Å²) in [6, 6.07) is 4.89. The Morgan fingerprint density at radius 3 is 2.59 bits per heavy atom. The number of likely N-dealkylation sites (N-methyl/N-ethyl adjacent to an activating group) is 1. The van der Waals surface area contributed by atoms with Gasteiger partial charge in [-0.2, -0.15) is 0 Å². The van der Waals surface area contributed by atoms with E-state index >= 15 is 0 Å². The monoisotopic (exact) mass is 300 g/mol. The third-order valence-corrected chi connectivity index (χ3v) is 2.57. The number of anilines is 1. The summed E-state index contributed by atoms with van der Waals surface area (Å²) < 4.78 is 5.20. The Morgan fingerprint density at radius 1 is 1.41 bits per heavy atom. The minimum atomic E-state index is -0.469. The average molecular weight is 301 g/mol. The molecule has 0 aliphatic heterocycles. The van der Waals surface area contributed by atoms with Crippen LogP contribution < -0.4 is 5.73 Å². The first kappa shape index (κ1) is 13.5. The topological polar surface area (TPSA) is 72.6 Å². The van der Waals surface area contributed by atoms with Crippen LogP contribution in [0.5, 0.6) is 0 Å². The maximum Gasteiger partial charge on any atom is 0.325 e. The largest absolute Gasteiger partial charge is 0.468 e. The van der Waals surface area contributed by atoms with Crippen LogP contribution in [0.3, 0.4) is 0 Å². The van der Waals surface area contributed by atoms with Crippen molar-refractivity contribution in [3.05, 3.63) is 28.2 Å². The standard InChI is InChI=1S/C11H13BrN2O3/c1-14(6-10(15)17-2)11(16)7-3-8(12)5-9(13)4-7/h3-5H,6,13H2,1-2H3. The number of hydrogen-bond donors (Lipinski definition) is 1. The van der Waals surface area contributed by atoms with Gasteiger partial charge >= 0.3 is 5.97 Å². The predicted molar refractivity (Wildman–Crippen MR) is 67.5 cm³/mol. The van der Waals surface area contributed by atoms with Gasteiger partial charge in [0.2, 0.25) is 0 Å². The molecule has 1 aromatic carbocycles. The van der Waals surface area contributed by atoms with Gasteiger partial charge in [0.1, 0.15) is 6.54 Å². The van der Waals surface area contributed by atoms with Gasteiger partial charge in [0, 0.05) is 22.8 Å². The summed E-state index contributed by atoms with van der Waals surface area (Å²) in [5.41, 5.74) is 6.53. The fourth-order valence-electron chi connectivity index (χ4n) is 1.29. The number of esters is 1. The summed E-state index contributed by atoms with van der Waals surface area (Å²) in [4.78, 5) is 24.3. The van der Waals surface area contributed by atoms with E-state index in [1.807, 2.05) is 0 Å². The number of hydrogen-bond acceptors (Lipinski definition) is 4. The molecule has 6 heteroatoms. The van der Waals surface area contributed by atoms with Crippen LogP contribution >= 0.6 is 15.9 Å². The van der Waals surface area contributed by atoms with Gasteiger partial charge in [0.15, 0.2) is 0 Å². The van der Waals surface area contributed by atoms with Crippen molar-refractivity contribution in [3.63, 3.8) is 0 Å². The van der Waals surface area contributed by atoms with Crippen molar-refractivity contribution in [1.29, 1.82) is 0 Å². The van der Waals surface area contributed by atoms with Gasteiger partial charge in [-0.1, -0.05) is 15.9 Å². The number of rotatable bonds is 3. The summed E-state index contributed by atoms with van der Waals surface area (Å²) in [5.74, 6) is -0.757. The lowest BCUT2D eigenvalue weighted by atomic mass is 10.2. The number of methoxy groups -OCH3 is 1. The van der Waals surface area contributed by atoms with Crippen molar-refractivity contribution in [2.45, 2.75) is 0 Å². The van der Waals surface area contributed by atoms with Crippen LogP contribution in [0, 0.1) is 0 Å². The zero-order valence-corrected chi connectivity index (χ0v) is 11.2. The minimum Gasteiger partial charge on any atom is -0.468 e. The van der Waals surface area contributed by atoms with Crippen LogP contribution in [0.25, 0.3) is 0 Å². The molecule has 92 valence electrons. The number of amides is 1. The van der Waals surface area contributed by atoms with Crippen LogP contribution in [0.15, 0.2) is 22.7 Å². The molecule has 1 rings (SSSR count). The van der Waals surface area contributed by atoms with Crippen molar-refractivity contribution in [1.82, 2.24) is 4.90 Å². The van der Waals surface area contributed by atoms with Gasteiger partial charge in [-0.3, -0.25) is 9.59 Å². The molecule has 0 aliphatic rings. The van der Waals surface area contributed by atoms with Crippen LogP contribution in [0.4, 0.5) is 5.69 Å². The van der Waals surface area contributed by atoms with Crippen molar-refractivity contribution >= 4 is 33.5 Å². The van der Waals surface area contributed by atoms with Crippen molar-refractivity contribution in [2.75, 3.05) is 26.4 Å². The first-order valence-corrected chi connectivity index (χ1v) is 5.61. The molecule has 0 bridgehead atoms. The van der Waals surface area contributed by atoms with Crippen molar-refractivity contribution in [3.8, 4) is 0 Å². The molecule has 0 radical (unpaired) electrons. The number of nitrogens with two attached hydrogens (primary N) is 1. The third-order valence-electron chi connectivity index (χ3n) is 2.11. The second-order valence-corrected chi connectivity index (χ2v) is 4.43. The highest BCUT2D eigenvalue weighted by Gasteiger charge is 2.15. The normalized spacial score (nSPS) is 9.82. The van der Waals surface area contributed by atoms with Crippen molar-refractivity contribution < 1.29 is 14.3 Å². The predicted octanol–water partition coefficient (Wildman–Crippen LogP) is 1.28. The summed E-state index contributed by atoms with van der Waals surface area (Å²) in [6.45, 7) is -0.0955. The van der Waals surface area contributed by atoms with Crippen LogP contribution in [-0.2, 0) is 9.53 Å². The molecule has 0 unspecified atom stereocenters.